The number of carbonyl (C=O) groups is 2. The van der Waals surface area contributed by atoms with Gasteiger partial charge in [-0.25, -0.2) is 0 Å². The summed E-state index contributed by atoms with van der Waals surface area (Å²) in [6, 6.07) is 14.9. The predicted molar refractivity (Wildman–Crippen MR) is 114 cm³/mol. The zero-order valence-corrected chi connectivity index (χ0v) is 17.4. The Balaban J connectivity index is 1.36. The van der Waals surface area contributed by atoms with Gasteiger partial charge in [-0.2, -0.15) is 0 Å². The molecule has 3 aliphatic rings. The molecule has 0 unspecified atom stereocenters. The van der Waals surface area contributed by atoms with Crippen LogP contribution in [0.2, 0.25) is 0 Å². The van der Waals surface area contributed by atoms with E-state index in [4.69, 9.17) is 14.2 Å². The van der Waals surface area contributed by atoms with Crippen molar-refractivity contribution in [3.63, 3.8) is 0 Å². The quantitative estimate of drug-likeness (QED) is 0.726. The summed E-state index contributed by atoms with van der Waals surface area (Å²) in [5, 5.41) is 2.98. The molecule has 2 aromatic carbocycles. The van der Waals surface area contributed by atoms with E-state index in [0.29, 0.717) is 18.8 Å². The summed E-state index contributed by atoms with van der Waals surface area (Å²) in [6.07, 6.45) is 3.48. The third kappa shape index (κ3) is 3.16. The van der Waals surface area contributed by atoms with Gasteiger partial charge in [0.05, 0.1) is 38.7 Å². The first-order valence-electron chi connectivity index (χ1n) is 10.3. The topological polar surface area (TPSA) is 77.1 Å². The van der Waals surface area contributed by atoms with E-state index in [-0.39, 0.29) is 17.9 Å². The van der Waals surface area contributed by atoms with Crippen LogP contribution in [0.4, 0.5) is 5.69 Å². The van der Waals surface area contributed by atoms with Crippen molar-refractivity contribution < 1.29 is 23.8 Å². The average molecular weight is 420 g/mol. The largest absolute Gasteiger partial charge is 0.497 e. The lowest BCUT2D eigenvalue weighted by Crippen LogP contribution is -2.43. The summed E-state index contributed by atoms with van der Waals surface area (Å²) in [5.74, 6) is 0.0363. The third-order valence-corrected chi connectivity index (χ3v) is 6.37. The van der Waals surface area contributed by atoms with Crippen molar-refractivity contribution in [2.24, 2.45) is 11.8 Å². The van der Waals surface area contributed by atoms with Crippen LogP contribution >= 0.6 is 0 Å². The Labute approximate surface area is 180 Å². The number of carbonyl (C=O) groups excluding carboxylic acids is 2. The summed E-state index contributed by atoms with van der Waals surface area (Å²) in [6.45, 7) is 0.743. The lowest BCUT2D eigenvalue weighted by molar-refractivity contribution is -0.132. The van der Waals surface area contributed by atoms with Crippen LogP contribution in [0, 0.1) is 11.8 Å². The molecule has 0 aromatic heterocycles. The second-order valence-electron chi connectivity index (χ2n) is 8.10. The molecule has 3 heterocycles. The molecule has 2 fully saturated rings. The minimum absolute atomic E-state index is 0.0957. The number of amides is 2. The molecular formula is C24H24N2O5. The highest BCUT2D eigenvalue weighted by Crippen LogP contribution is 2.52. The fourth-order valence-electron chi connectivity index (χ4n) is 4.88. The summed E-state index contributed by atoms with van der Waals surface area (Å²) >= 11 is 0. The Morgan fingerprint density at radius 1 is 1.16 bits per heavy atom. The number of benzene rings is 2. The lowest BCUT2D eigenvalue weighted by atomic mass is 9.77. The first-order chi connectivity index (χ1) is 15.0. The Kier molecular flexibility index (Phi) is 4.70. The fraction of sp³-hybridized carbons (Fsp3) is 0.333. The maximum atomic E-state index is 13.4. The van der Waals surface area contributed by atoms with Crippen molar-refractivity contribution >= 4 is 17.5 Å². The molecule has 5 rings (SSSR count). The molecule has 0 aliphatic carbocycles. The first kappa shape index (κ1) is 19.6. The van der Waals surface area contributed by atoms with E-state index in [9.17, 15) is 9.59 Å². The Hall–Kier alpha value is -3.32. The minimum Gasteiger partial charge on any atom is -0.497 e. The van der Waals surface area contributed by atoms with Gasteiger partial charge >= 0.3 is 0 Å². The highest BCUT2D eigenvalue weighted by atomic mass is 16.5. The molecule has 3 aliphatic heterocycles. The smallest absolute Gasteiger partial charge is 0.234 e. The zero-order valence-electron chi connectivity index (χ0n) is 17.4. The predicted octanol–water partition coefficient (Wildman–Crippen LogP) is 2.31. The van der Waals surface area contributed by atoms with Gasteiger partial charge in [-0.1, -0.05) is 30.4 Å². The van der Waals surface area contributed by atoms with Gasteiger partial charge in [0.2, 0.25) is 11.8 Å². The molecular weight excluding hydrogens is 396 g/mol. The molecule has 7 nitrogen and oxygen atoms in total. The highest BCUT2D eigenvalue weighted by Gasteiger charge is 2.67. The standard InChI is InChI=1S/C24H24N2O5/c1-29-17-7-3-5-15(11-17)13-25-22(27)20-19-9-10-24(31-19)14-26(23(28)21(20)24)16-6-4-8-18(12-16)30-2/h3-12,19-21H,13-14H2,1-2H3,(H,25,27)/t19-,20+,21-,24+/m0/s1. The van der Waals surface area contributed by atoms with Gasteiger partial charge < -0.3 is 24.4 Å². The van der Waals surface area contributed by atoms with Crippen LogP contribution in [0.1, 0.15) is 5.56 Å². The number of fused-ring (bicyclic) bond motifs is 1. The number of hydrogen-bond donors (Lipinski definition) is 1. The van der Waals surface area contributed by atoms with E-state index in [0.717, 1.165) is 17.0 Å². The maximum Gasteiger partial charge on any atom is 0.234 e. The summed E-state index contributed by atoms with van der Waals surface area (Å²) in [7, 11) is 3.20. The van der Waals surface area contributed by atoms with E-state index in [1.807, 2.05) is 60.7 Å². The first-order valence-corrected chi connectivity index (χ1v) is 10.3. The maximum absolute atomic E-state index is 13.4. The normalized spacial score (nSPS) is 28.0. The van der Waals surface area contributed by atoms with Crippen LogP contribution in [-0.4, -0.2) is 44.3 Å². The molecule has 2 amide bonds. The molecule has 4 atom stereocenters. The van der Waals surface area contributed by atoms with Crippen LogP contribution in [0.25, 0.3) is 0 Å². The van der Waals surface area contributed by atoms with Crippen LogP contribution < -0.4 is 19.7 Å². The minimum atomic E-state index is -0.761. The Morgan fingerprint density at radius 2 is 1.90 bits per heavy atom. The van der Waals surface area contributed by atoms with Crippen molar-refractivity contribution in [1.29, 1.82) is 0 Å². The van der Waals surface area contributed by atoms with Crippen molar-refractivity contribution in [3.05, 3.63) is 66.2 Å². The highest BCUT2D eigenvalue weighted by molar-refractivity contribution is 6.03. The molecule has 1 N–H and O–H groups in total. The molecule has 2 aromatic rings. The number of methoxy groups -OCH3 is 2. The lowest BCUT2D eigenvalue weighted by Gasteiger charge is -2.23. The molecule has 1 spiro atoms. The molecule has 2 saturated heterocycles. The number of ether oxygens (including phenoxy) is 3. The number of nitrogens with zero attached hydrogens (tertiary/aromatic N) is 1. The van der Waals surface area contributed by atoms with Gasteiger partial charge in [0.25, 0.3) is 0 Å². The van der Waals surface area contributed by atoms with E-state index in [1.165, 1.54) is 0 Å². The molecule has 0 radical (unpaired) electrons. The Morgan fingerprint density at radius 3 is 2.68 bits per heavy atom. The molecule has 160 valence electrons. The van der Waals surface area contributed by atoms with Gasteiger partial charge in [0.1, 0.15) is 17.1 Å². The second kappa shape index (κ2) is 7.42. The van der Waals surface area contributed by atoms with Crippen LogP contribution in [0.5, 0.6) is 11.5 Å². The number of anilines is 1. The van der Waals surface area contributed by atoms with Crippen molar-refractivity contribution in [1.82, 2.24) is 5.32 Å². The summed E-state index contributed by atoms with van der Waals surface area (Å²) in [4.78, 5) is 28.3. The van der Waals surface area contributed by atoms with Crippen LogP contribution in [0.15, 0.2) is 60.7 Å². The second-order valence-corrected chi connectivity index (χ2v) is 8.10. The molecule has 31 heavy (non-hydrogen) atoms. The average Bonchev–Trinajstić information content (AvgIpc) is 3.46. The number of rotatable bonds is 6. The van der Waals surface area contributed by atoms with Crippen molar-refractivity contribution in [2.45, 2.75) is 18.2 Å². The van der Waals surface area contributed by atoms with Gasteiger partial charge in [-0.3, -0.25) is 9.59 Å². The SMILES string of the molecule is COc1cccc(CNC(=O)[C@@H]2[C@@H]3C=C[C@]4(CN(c5cccc(OC)c5)C(=O)[C@H]24)O3)c1. The molecule has 2 bridgehead atoms. The third-order valence-electron chi connectivity index (χ3n) is 6.37. The van der Waals surface area contributed by atoms with E-state index in [1.54, 1.807) is 19.1 Å². The van der Waals surface area contributed by atoms with E-state index in [2.05, 4.69) is 5.32 Å². The Bertz CT molecular complexity index is 1070. The fourth-order valence-corrected chi connectivity index (χ4v) is 4.88. The van der Waals surface area contributed by atoms with E-state index >= 15 is 0 Å². The van der Waals surface area contributed by atoms with Gasteiger partial charge in [-0.05, 0) is 29.8 Å². The van der Waals surface area contributed by atoms with E-state index < -0.39 is 17.4 Å². The summed E-state index contributed by atoms with van der Waals surface area (Å²) < 4.78 is 16.7. The van der Waals surface area contributed by atoms with Crippen molar-refractivity contribution in [3.8, 4) is 11.5 Å². The molecule has 0 saturated carbocycles. The number of hydrogen-bond acceptors (Lipinski definition) is 5. The summed E-state index contributed by atoms with van der Waals surface area (Å²) in [5.41, 5.74) is 0.907. The monoisotopic (exact) mass is 420 g/mol. The van der Waals surface area contributed by atoms with Crippen molar-refractivity contribution in [2.75, 3.05) is 25.7 Å². The van der Waals surface area contributed by atoms with Crippen LogP contribution in [0.3, 0.4) is 0 Å². The zero-order chi connectivity index (χ0) is 21.6. The van der Waals surface area contributed by atoms with Gasteiger partial charge in [-0.15, -0.1) is 0 Å². The molecule has 7 heteroatoms. The van der Waals surface area contributed by atoms with Crippen LogP contribution in [-0.2, 0) is 20.9 Å². The number of nitrogens with one attached hydrogen (secondary N) is 1. The van der Waals surface area contributed by atoms with Gasteiger partial charge in [0.15, 0.2) is 0 Å². The van der Waals surface area contributed by atoms with Gasteiger partial charge in [0, 0.05) is 18.3 Å².